The van der Waals surface area contributed by atoms with Crippen LogP contribution in [-0.2, 0) is 15.8 Å². The van der Waals surface area contributed by atoms with Gasteiger partial charge in [-0.15, -0.1) is 10.2 Å². The van der Waals surface area contributed by atoms with Crippen molar-refractivity contribution in [2.45, 2.75) is 18.9 Å². The van der Waals surface area contributed by atoms with E-state index in [1.807, 2.05) is 0 Å². The monoisotopic (exact) mass is 549 g/mol. The lowest BCUT2D eigenvalue weighted by molar-refractivity contribution is -0.323. The molecule has 1 unspecified atom stereocenters. The van der Waals surface area contributed by atoms with Crippen LogP contribution in [-0.4, -0.2) is 66.0 Å². The van der Waals surface area contributed by atoms with Gasteiger partial charge in [0, 0.05) is 18.2 Å². The highest BCUT2D eigenvalue weighted by Crippen LogP contribution is 2.41. The van der Waals surface area contributed by atoms with Gasteiger partial charge in [0.1, 0.15) is 21.0 Å². The molecule has 0 bridgehead atoms. The summed E-state index contributed by atoms with van der Waals surface area (Å²) in [6.07, 6.45) is 1.07. The van der Waals surface area contributed by atoms with E-state index in [1.165, 1.54) is 37.0 Å². The summed E-state index contributed by atoms with van der Waals surface area (Å²) < 4.78 is 19.9. The fourth-order valence-corrected chi connectivity index (χ4v) is 4.80. The van der Waals surface area contributed by atoms with Gasteiger partial charge in [-0.2, -0.15) is 0 Å². The highest BCUT2D eigenvalue weighted by molar-refractivity contribution is 7.85. The lowest BCUT2D eigenvalue weighted by Gasteiger charge is -2.18. The number of para-hydroxylation sites is 1. The first-order valence-electron chi connectivity index (χ1n) is 10.7. The van der Waals surface area contributed by atoms with E-state index in [0.29, 0.717) is 27.0 Å². The van der Waals surface area contributed by atoms with E-state index < -0.39 is 28.7 Å². The summed E-state index contributed by atoms with van der Waals surface area (Å²) in [4.78, 5) is 29.1. The van der Waals surface area contributed by atoms with Gasteiger partial charge in [0.15, 0.2) is 17.3 Å². The van der Waals surface area contributed by atoms with Gasteiger partial charge in [-0.05, 0) is 25.0 Å². The van der Waals surface area contributed by atoms with Crippen molar-refractivity contribution in [3.63, 3.8) is 0 Å². The van der Waals surface area contributed by atoms with E-state index in [1.54, 1.807) is 23.5 Å². The lowest BCUT2D eigenvalue weighted by Crippen LogP contribution is -2.48. The summed E-state index contributed by atoms with van der Waals surface area (Å²) in [7, 11) is 0.164. The van der Waals surface area contributed by atoms with Gasteiger partial charge in [-0.1, -0.05) is 17.4 Å². The summed E-state index contributed by atoms with van der Waals surface area (Å²) in [6, 6.07) is 6.45. The number of amides is 2. The summed E-state index contributed by atoms with van der Waals surface area (Å²) >= 11 is 1.25. The van der Waals surface area contributed by atoms with Crippen LogP contribution in [0.4, 0.5) is 22.2 Å². The third-order valence-corrected chi connectivity index (χ3v) is 6.54. The fraction of sp³-hybridized carbons (Fsp3) is 0.286. The molecule has 4 rings (SSSR count). The zero-order valence-corrected chi connectivity index (χ0v) is 21.1. The van der Waals surface area contributed by atoms with Crippen LogP contribution in [0.25, 0.3) is 10.6 Å². The molecule has 2 aromatic heterocycles. The molecular weight excluding hydrogens is 526 g/mol. The molecule has 1 aliphatic rings. The van der Waals surface area contributed by atoms with Crippen LogP contribution in [0.15, 0.2) is 30.5 Å². The standard InChI is InChI=1S/C21H23N7O7S2/c1-35-17-11(20-22-9-15(36-20)28-37(2)34)4-3-5-12(17)23-13-8-14(24-18(29)10-6-7-10)26-27-16(13)19(30)25-21(31,32)33/h3-5,8-10,28,31-33H,6-7H2,1-2H3,(H,25,30)(H2,23,24,26,29). The zero-order chi connectivity index (χ0) is 26.7. The topological polar surface area (TPSA) is 208 Å². The molecule has 1 atom stereocenters. The zero-order valence-electron chi connectivity index (χ0n) is 19.5. The van der Waals surface area contributed by atoms with Gasteiger partial charge in [-0.25, -0.2) is 9.19 Å². The number of aliphatic hydroxyl groups is 3. The first-order chi connectivity index (χ1) is 17.5. The molecule has 3 aromatic rings. The third-order valence-electron chi connectivity index (χ3n) is 4.96. The summed E-state index contributed by atoms with van der Waals surface area (Å²) in [5.41, 5.74) is 0.557. The van der Waals surface area contributed by atoms with E-state index in [9.17, 15) is 29.1 Å². The number of anilines is 4. The van der Waals surface area contributed by atoms with Crippen LogP contribution < -0.4 is 25.4 Å². The Kier molecular flexibility index (Phi) is 7.65. The first kappa shape index (κ1) is 26.4. The van der Waals surface area contributed by atoms with Gasteiger partial charge in [-0.3, -0.25) is 19.6 Å². The van der Waals surface area contributed by atoms with Gasteiger partial charge in [0.05, 0.1) is 30.2 Å². The minimum atomic E-state index is -3.49. The van der Waals surface area contributed by atoms with Crippen molar-refractivity contribution in [3.05, 3.63) is 36.2 Å². The number of nitrogens with one attached hydrogen (secondary N) is 4. The highest BCUT2D eigenvalue weighted by Gasteiger charge is 2.31. The van der Waals surface area contributed by atoms with Crippen molar-refractivity contribution in [1.29, 1.82) is 0 Å². The van der Waals surface area contributed by atoms with E-state index in [4.69, 9.17) is 4.74 Å². The number of aromatic nitrogens is 3. The van der Waals surface area contributed by atoms with Crippen molar-refractivity contribution in [2.75, 3.05) is 28.7 Å². The number of nitrogens with zero attached hydrogens (tertiary/aromatic N) is 3. The Morgan fingerprint density at radius 1 is 1.19 bits per heavy atom. The molecule has 14 nitrogen and oxygen atoms in total. The normalized spacial score (nSPS) is 14.0. The average molecular weight is 550 g/mol. The molecule has 0 saturated heterocycles. The van der Waals surface area contributed by atoms with Crippen molar-refractivity contribution >= 4 is 56.3 Å². The molecular formula is C21H23N7O7S2. The second-order valence-electron chi connectivity index (χ2n) is 7.94. The van der Waals surface area contributed by atoms with Crippen LogP contribution in [0.1, 0.15) is 23.3 Å². The Morgan fingerprint density at radius 3 is 2.59 bits per heavy atom. The molecule has 7 N–H and O–H groups in total. The Hall–Kier alpha value is -3.70. The number of ether oxygens (including phenoxy) is 1. The number of carbonyl (C=O) groups is 2. The van der Waals surface area contributed by atoms with Crippen LogP contribution in [0.3, 0.4) is 0 Å². The second-order valence-corrected chi connectivity index (χ2v) is 10.1. The Morgan fingerprint density at radius 2 is 1.95 bits per heavy atom. The molecule has 16 heteroatoms. The number of rotatable bonds is 10. The van der Waals surface area contributed by atoms with Crippen molar-refractivity contribution in [1.82, 2.24) is 20.5 Å². The maximum atomic E-state index is 12.6. The molecule has 1 aliphatic carbocycles. The SMILES string of the molecule is COc1c(Nc2cc(NC(=O)C3CC3)nnc2C(=O)NC(O)(O)O)cccc1-c1ncc(NS(C)=O)s1. The Balaban J connectivity index is 1.70. The molecule has 1 aromatic carbocycles. The largest absolute Gasteiger partial charge is 0.494 e. The molecule has 1 fully saturated rings. The van der Waals surface area contributed by atoms with Crippen molar-refractivity contribution < 1.29 is 33.9 Å². The number of methoxy groups -OCH3 is 1. The van der Waals surface area contributed by atoms with Gasteiger partial charge in [0.2, 0.25) is 5.91 Å². The first-order valence-corrected chi connectivity index (χ1v) is 13.1. The molecule has 0 spiro atoms. The molecule has 196 valence electrons. The van der Waals surface area contributed by atoms with E-state index in [2.05, 4.69) is 30.5 Å². The van der Waals surface area contributed by atoms with Gasteiger partial charge < -0.3 is 30.7 Å². The number of benzene rings is 1. The molecule has 0 radical (unpaired) electrons. The third kappa shape index (κ3) is 6.75. The maximum Gasteiger partial charge on any atom is 0.369 e. The molecule has 2 heterocycles. The quantitative estimate of drug-likeness (QED) is 0.175. The average Bonchev–Trinajstić information content (AvgIpc) is 3.57. The number of thiazole rings is 1. The van der Waals surface area contributed by atoms with Crippen molar-refractivity contribution in [3.8, 4) is 16.3 Å². The Bertz CT molecular complexity index is 1360. The number of hydrogen-bond donors (Lipinski definition) is 7. The minimum Gasteiger partial charge on any atom is -0.494 e. The van der Waals surface area contributed by atoms with E-state index in [0.717, 1.165) is 12.8 Å². The van der Waals surface area contributed by atoms with E-state index in [-0.39, 0.29) is 23.3 Å². The van der Waals surface area contributed by atoms with Gasteiger partial charge in [0.25, 0.3) is 5.91 Å². The highest BCUT2D eigenvalue weighted by atomic mass is 32.2. The van der Waals surface area contributed by atoms with E-state index >= 15 is 0 Å². The fourth-order valence-electron chi connectivity index (χ4n) is 3.26. The summed E-state index contributed by atoms with van der Waals surface area (Å²) in [5, 5.41) is 43.5. The second kappa shape index (κ2) is 10.7. The minimum absolute atomic E-state index is 0.0150. The van der Waals surface area contributed by atoms with Crippen molar-refractivity contribution in [2.24, 2.45) is 5.92 Å². The summed E-state index contributed by atoms with van der Waals surface area (Å²) in [6.45, 7) is 0. The molecule has 1 saturated carbocycles. The van der Waals surface area contributed by atoms with Gasteiger partial charge >= 0.3 is 6.10 Å². The Labute approximate surface area is 216 Å². The lowest BCUT2D eigenvalue weighted by atomic mass is 10.1. The van der Waals surface area contributed by atoms with Crippen LogP contribution >= 0.6 is 11.3 Å². The van der Waals surface area contributed by atoms with Crippen LogP contribution in [0.5, 0.6) is 5.75 Å². The molecule has 37 heavy (non-hydrogen) atoms. The summed E-state index contributed by atoms with van der Waals surface area (Å²) in [5.74, 6) is -1.12. The molecule has 2 amide bonds. The predicted octanol–water partition coefficient (Wildman–Crippen LogP) is 0.724. The predicted molar refractivity (Wildman–Crippen MR) is 135 cm³/mol. The smallest absolute Gasteiger partial charge is 0.369 e. The van der Waals surface area contributed by atoms with Crippen LogP contribution in [0.2, 0.25) is 0 Å². The molecule has 0 aliphatic heterocycles. The number of hydrogen-bond acceptors (Lipinski definition) is 12. The number of carbonyl (C=O) groups excluding carboxylic acids is 2. The maximum absolute atomic E-state index is 12.6. The van der Waals surface area contributed by atoms with Crippen LogP contribution in [0, 0.1) is 5.92 Å².